The highest BCUT2D eigenvalue weighted by atomic mass is 35.5. The van der Waals surface area contributed by atoms with Gasteiger partial charge in [-0.3, -0.25) is 14.4 Å². The van der Waals surface area contributed by atoms with Crippen LogP contribution in [-0.2, 0) is 25.5 Å². The third kappa shape index (κ3) is 7.54. The van der Waals surface area contributed by atoms with Crippen LogP contribution in [0, 0.1) is 0 Å². The first kappa shape index (κ1) is 31.8. The molecule has 1 aromatic heterocycles. The summed E-state index contributed by atoms with van der Waals surface area (Å²) in [6.45, 7) is 7.14. The Hall–Kier alpha value is -4.63. The number of ketones is 1. The second kappa shape index (κ2) is 13.2. The van der Waals surface area contributed by atoms with Crippen LogP contribution in [0.15, 0.2) is 72.8 Å². The first-order valence-corrected chi connectivity index (χ1v) is 15.3. The smallest absolute Gasteiger partial charge is 0.408 e. The summed E-state index contributed by atoms with van der Waals surface area (Å²) in [5.74, 6) is -0.571. The molecule has 9 nitrogen and oxygen atoms in total. The SMILES string of the molecule is CC(=O)Nc1ccc(-c2[nH]c3ccc(CC(=O)[C@@H]4CCCN4C(=O)[C@@H](NC(=O)OC(C)(C)C)c4ccccc4)cc3c2Cl)cc1. The molecule has 1 saturated heterocycles. The highest BCUT2D eigenvalue weighted by Crippen LogP contribution is 2.36. The van der Waals surface area contributed by atoms with Gasteiger partial charge in [0.15, 0.2) is 5.78 Å². The van der Waals surface area contributed by atoms with Gasteiger partial charge in [0, 0.05) is 36.5 Å². The molecule has 0 unspecified atom stereocenters. The van der Waals surface area contributed by atoms with Crippen molar-refractivity contribution in [2.45, 2.75) is 64.6 Å². The van der Waals surface area contributed by atoms with Gasteiger partial charge in [-0.15, -0.1) is 0 Å². The maximum absolute atomic E-state index is 13.9. The number of likely N-dealkylation sites (tertiary alicyclic amines) is 1. The minimum Gasteiger partial charge on any atom is -0.444 e. The molecule has 1 fully saturated rings. The molecule has 1 aliphatic rings. The van der Waals surface area contributed by atoms with Gasteiger partial charge in [-0.2, -0.15) is 0 Å². The number of nitrogens with one attached hydrogen (secondary N) is 3. The summed E-state index contributed by atoms with van der Waals surface area (Å²) in [5.41, 5.74) is 3.77. The molecule has 0 aliphatic carbocycles. The monoisotopic (exact) mass is 628 g/mol. The standard InChI is InChI=1S/C35H37ClN4O5/c1-21(41)37-25-15-13-24(14-16-25)31-30(36)26-19-22(12-17-27(26)38-31)20-29(42)28-11-8-18-40(28)33(43)32(23-9-6-5-7-10-23)39-34(44)45-35(2,3)4/h5-7,9-10,12-17,19,28,32,38H,8,11,18,20H2,1-4H3,(H,37,41)(H,39,44)/t28-,32-/m0/s1. The Bertz CT molecular complexity index is 1730. The van der Waals surface area contributed by atoms with E-state index in [2.05, 4.69) is 15.6 Å². The van der Waals surface area contributed by atoms with Gasteiger partial charge < -0.3 is 25.3 Å². The number of hydrogen-bond acceptors (Lipinski definition) is 5. The summed E-state index contributed by atoms with van der Waals surface area (Å²) in [5, 5.41) is 6.80. The number of ether oxygens (including phenoxy) is 1. The number of rotatable bonds is 8. The zero-order chi connectivity index (χ0) is 32.3. The Morgan fingerprint density at radius 2 is 1.73 bits per heavy atom. The molecule has 0 radical (unpaired) electrons. The van der Waals surface area contributed by atoms with Gasteiger partial charge in [-0.05, 0) is 74.6 Å². The molecule has 0 bridgehead atoms. The van der Waals surface area contributed by atoms with Crippen molar-refractivity contribution in [3.63, 3.8) is 0 Å². The largest absolute Gasteiger partial charge is 0.444 e. The fraction of sp³-hybridized carbons (Fsp3) is 0.314. The van der Waals surface area contributed by atoms with Crippen LogP contribution >= 0.6 is 11.6 Å². The summed E-state index contributed by atoms with van der Waals surface area (Å²) in [6.07, 6.45) is 0.654. The molecule has 10 heteroatoms. The van der Waals surface area contributed by atoms with Crippen LogP contribution in [0.2, 0.25) is 5.02 Å². The van der Waals surface area contributed by atoms with E-state index in [1.54, 1.807) is 49.9 Å². The van der Waals surface area contributed by atoms with Crippen LogP contribution in [0.4, 0.5) is 10.5 Å². The van der Waals surface area contributed by atoms with Gasteiger partial charge in [-0.25, -0.2) is 4.79 Å². The quantitative estimate of drug-likeness (QED) is 0.198. The lowest BCUT2D eigenvalue weighted by Crippen LogP contribution is -2.48. The molecule has 3 N–H and O–H groups in total. The Morgan fingerprint density at radius 3 is 2.40 bits per heavy atom. The normalized spacial score (nSPS) is 15.5. The van der Waals surface area contributed by atoms with Gasteiger partial charge in [0.25, 0.3) is 5.91 Å². The molecular formula is C35H37ClN4O5. The van der Waals surface area contributed by atoms with E-state index in [1.165, 1.54) is 6.92 Å². The van der Waals surface area contributed by atoms with Gasteiger partial charge in [-0.1, -0.05) is 60.1 Å². The molecule has 2 atom stereocenters. The van der Waals surface area contributed by atoms with Crippen LogP contribution in [0.25, 0.3) is 22.2 Å². The van der Waals surface area contributed by atoms with Crippen molar-refractivity contribution in [2.24, 2.45) is 0 Å². The number of anilines is 1. The van der Waals surface area contributed by atoms with E-state index in [0.717, 1.165) is 27.7 Å². The summed E-state index contributed by atoms with van der Waals surface area (Å²) in [6, 6.07) is 20.4. The predicted molar refractivity (Wildman–Crippen MR) is 175 cm³/mol. The van der Waals surface area contributed by atoms with E-state index in [-0.39, 0.29) is 24.0 Å². The first-order chi connectivity index (χ1) is 21.4. The molecule has 5 rings (SSSR count). The molecule has 0 spiro atoms. The summed E-state index contributed by atoms with van der Waals surface area (Å²) >= 11 is 6.81. The zero-order valence-electron chi connectivity index (χ0n) is 25.8. The van der Waals surface area contributed by atoms with Crippen LogP contribution in [0.3, 0.4) is 0 Å². The minimum absolute atomic E-state index is 0.0790. The second-order valence-corrected chi connectivity index (χ2v) is 12.7. The number of H-pyrrole nitrogens is 1. The highest BCUT2D eigenvalue weighted by molar-refractivity contribution is 6.38. The van der Waals surface area contributed by atoms with E-state index in [0.29, 0.717) is 35.7 Å². The maximum atomic E-state index is 13.9. The summed E-state index contributed by atoms with van der Waals surface area (Å²) in [4.78, 5) is 56.6. The molecular weight excluding hydrogens is 592 g/mol. The Morgan fingerprint density at radius 1 is 1.02 bits per heavy atom. The van der Waals surface area contributed by atoms with Crippen LogP contribution < -0.4 is 10.6 Å². The predicted octanol–water partition coefficient (Wildman–Crippen LogP) is 6.82. The molecule has 2 heterocycles. The number of aromatic nitrogens is 1. The number of Topliss-reactive ketones (excluding diaryl/α,β-unsaturated/α-hetero) is 1. The lowest BCUT2D eigenvalue weighted by Gasteiger charge is -2.29. The number of carbonyl (C=O) groups is 4. The number of nitrogens with zero attached hydrogens (tertiary/aromatic N) is 1. The maximum Gasteiger partial charge on any atom is 0.408 e. The lowest BCUT2D eigenvalue weighted by atomic mass is 9.99. The summed E-state index contributed by atoms with van der Waals surface area (Å²) < 4.78 is 5.43. The first-order valence-electron chi connectivity index (χ1n) is 15.0. The average molecular weight is 629 g/mol. The van der Waals surface area contributed by atoms with Gasteiger partial charge in [0.2, 0.25) is 5.91 Å². The van der Waals surface area contributed by atoms with Crippen molar-refractivity contribution >= 4 is 51.9 Å². The van der Waals surface area contributed by atoms with Crippen molar-refractivity contribution in [1.82, 2.24) is 15.2 Å². The minimum atomic E-state index is -0.991. The number of alkyl carbamates (subject to hydrolysis) is 1. The van der Waals surface area contributed by atoms with Crippen molar-refractivity contribution in [3.05, 3.63) is 88.9 Å². The van der Waals surface area contributed by atoms with Crippen molar-refractivity contribution in [2.75, 3.05) is 11.9 Å². The third-order valence-corrected chi connectivity index (χ3v) is 8.01. The summed E-state index contributed by atoms with van der Waals surface area (Å²) in [7, 11) is 0. The number of benzene rings is 3. The van der Waals surface area contributed by atoms with E-state index < -0.39 is 23.8 Å². The van der Waals surface area contributed by atoms with E-state index in [4.69, 9.17) is 16.3 Å². The van der Waals surface area contributed by atoms with Gasteiger partial charge >= 0.3 is 6.09 Å². The molecule has 45 heavy (non-hydrogen) atoms. The number of fused-ring (bicyclic) bond motifs is 1. The molecule has 0 saturated carbocycles. The lowest BCUT2D eigenvalue weighted by molar-refractivity contribution is -0.139. The molecule has 234 valence electrons. The topological polar surface area (TPSA) is 121 Å². The number of carbonyl (C=O) groups excluding carboxylic acids is 4. The Kier molecular flexibility index (Phi) is 9.29. The third-order valence-electron chi connectivity index (χ3n) is 7.62. The molecule has 4 aromatic rings. The number of hydrogen-bond donors (Lipinski definition) is 3. The fourth-order valence-electron chi connectivity index (χ4n) is 5.65. The number of amides is 3. The number of aromatic amines is 1. The zero-order valence-corrected chi connectivity index (χ0v) is 26.5. The van der Waals surface area contributed by atoms with Crippen molar-refractivity contribution in [3.8, 4) is 11.3 Å². The van der Waals surface area contributed by atoms with E-state index in [1.807, 2.05) is 48.5 Å². The average Bonchev–Trinajstić information content (AvgIpc) is 3.61. The molecule has 1 aliphatic heterocycles. The van der Waals surface area contributed by atoms with Crippen molar-refractivity contribution in [1.29, 1.82) is 0 Å². The fourth-order valence-corrected chi connectivity index (χ4v) is 5.96. The van der Waals surface area contributed by atoms with Gasteiger partial charge in [0.05, 0.1) is 16.8 Å². The molecule has 3 aromatic carbocycles. The van der Waals surface area contributed by atoms with Crippen LogP contribution in [0.1, 0.15) is 57.7 Å². The van der Waals surface area contributed by atoms with Crippen LogP contribution in [-0.4, -0.2) is 51.8 Å². The van der Waals surface area contributed by atoms with E-state index in [9.17, 15) is 19.2 Å². The molecule has 3 amide bonds. The second-order valence-electron chi connectivity index (χ2n) is 12.3. The highest BCUT2D eigenvalue weighted by Gasteiger charge is 2.38. The number of halogens is 1. The van der Waals surface area contributed by atoms with Gasteiger partial charge in [0.1, 0.15) is 11.6 Å². The van der Waals surface area contributed by atoms with Crippen LogP contribution in [0.5, 0.6) is 0 Å². The Labute approximate surface area is 267 Å². The van der Waals surface area contributed by atoms with E-state index >= 15 is 0 Å². The van der Waals surface area contributed by atoms with Crippen molar-refractivity contribution < 1.29 is 23.9 Å². The Balaban J connectivity index is 1.33.